The van der Waals surface area contributed by atoms with E-state index in [0.717, 1.165) is 16.6 Å². The van der Waals surface area contributed by atoms with E-state index in [1.54, 1.807) is 12.3 Å². The first-order valence-electron chi connectivity index (χ1n) is 5.14. The van der Waals surface area contributed by atoms with Gasteiger partial charge in [-0.25, -0.2) is 4.39 Å². The molecule has 0 atom stereocenters. The van der Waals surface area contributed by atoms with Crippen LogP contribution in [0.5, 0.6) is 0 Å². The largest absolute Gasteiger partial charge is 0.261 e. The summed E-state index contributed by atoms with van der Waals surface area (Å²) in [6.07, 6.45) is 1.72. The molecule has 0 aliphatic carbocycles. The summed E-state index contributed by atoms with van der Waals surface area (Å²) in [5.74, 6) is 0.180. The van der Waals surface area contributed by atoms with Gasteiger partial charge in [0.1, 0.15) is 5.82 Å². The Morgan fingerprint density at radius 2 is 2.00 bits per heavy atom. The van der Waals surface area contributed by atoms with Gasteiger partial charge < -0.3 is 0 Å². The Balaban J connectivity index is 2.78. The third-order valence-corrected chi connectivity index (χ3v) is 2.69. The fourth-order valence-corrected chi connectivity index (χ4v) is 1.79. The van der Waals surface area contributed by atoms with Gasteiger partial charge >= 0.3 is 0 Å². The van der Waals surface area contributed by atoms with E-state index < -0.39 is 0 Å². The normalized spacial score (nSPS) is 11.3. The third kappa shape index (κ3) is 1.72. The maximum Gasteiger partial charge on any atom is 0.133 e. The van der Waals surface area contributed by atoms with Crippen molar-refractivity contribution in [3.8, 4) is 0 Å². The van der Waals surface area contributed by atoms with Crippen molar-refractivity contribution in [3.05, 3.63) is 41.5 Å². The van der Waals surface area contributed by atoms with E-state index in [4.69, 9.17) is 0 Å². The molecule has 0 aliphatic rings. The Hall–Kier alpha value is -1.44. The molecule has 1 nitrogen and oxygen atoms in total. The quantitative estimate of drug-likeness (QED) is 0.686. The Labute approximate surface area is 89.0 Å². The second-order valence-electron chi connectivity index (χ2n) is 4.15. The molecule has 1 aromatic carbocycles. The summed E-state index contributed by atoms with van der Waals surface area (Å²) in [5, 5.41) is 1.58. The highest BCUT2D eigenvalue weighted by Gasteiger charge is 2.08. The Morgan fingerprint density at radius 3 is 2.67 bits per heavy atom. The van der Waals surface area contributed by atoms with Gasteiger partial charge in [0.25, 0.3) is 0 Å². The van der Waals surface area contributed by atoms with Crippen LogP contribution in [0.4, 0.5) is 4.39 Å². The van der Waals surface area contributed by atoms with Gasteiger partial charge in [-0.2, -0.15) is 0 Å². The van der Waals surface area contributed by atoms with Crippen molar-refractivity contribution in [1.82, 2.24) is 4.98 Å². The predicted molar refractivity (Wildman–Crippen MR) is 60.5 cm³/mol. The molecular formula is C13H14FN. The molecule has 0 amide bonds. The van der Waals surface area contributed by atoms with Gasteiger partial charge in [0.15, 0.2) is 0 Å². The summed E-state index contributed by atoms with van der Waals surface area (Å²) in [6.45, 7) is 5.96. The van der Waals surface area contributed by atoms with Crippen LogP contribution in [0.15, 0.2) is 24.4 Å². The van der Waals surface area contributed by atoms with Crippen LogP contribution in [-0.4, -0.2) is 4.98 Å². The summed E-state index contributed by atoms with van der Waals surface area (Å²) < 4.78 is 13.8. The number of pyridine rings is 1. The number of aryl methyl sites for hydroxylation is 1. The zero-order chi connectivity index (χ0) is 11.0. The molecule has 0 radical (unpaired) electrons. The van der Waals surface area contributed by atoms with Gasteiger partial charge in [-0.3, -0.25) is 4.98 Å². The maximum atomic E-state index is 13.8. The molecular weight excluding hydrogens is 189 g/mol. The molecule has 1 heterocycles. The second kappa shape index (κ2) is 3.61. The number of halogens is 1. The highest BCUT2D eigenvalue weighted by Crippen LogP contribution is 2.25. The minimum absolute atomic E-state index is 0.165. The lowest BCUT2D eigenvalue weighted by Crippen LogP contribution is -1.93. The van der Waals surface area contributed by atoms with Gasteiger partial charge in [-0.15, -0.1) is 0 Å². The molecule has 2 heteroatoms. The second-order valence-corrected chi connectivity index (χ2v) is 4.15. The average molecular weight is 203 g/mol. The Morgan fingerprint density at radius 1 is 1.27 bits per heavy atom. The molecule has 0 unspecified atom stereocenters. The van der Waals surface area contributed by atoms with E-state index in [1.807, 2.05) is 19.1 Å². The van der Waals surface area contributed by atoms with Gasteiger partial charge in [-0.1, -0.05) is 19.9 Å². The highest BCUT2D eigenvalue weighted by molar-refractivity contribution is 5.85. The lowest BCUT2D eigenvalue weighted by atomic mass is 9.99. The van der Waals surface area contributed by atoms with E-state index in [1.165, 1.54) is 0 Å². The SMILES string of the molecule is Cc1nccc2cc(C(C)C)cc(F)c12. The van der Waals surface area contributed by atoms with Crippen LogP contribution >= 0.6 is 0 Å². The molecule has 0 N–H and O–H groups in total. The summed E-state index contributed by atoms with van der Waals surface area (Å²) >= 11 is 0. The number of rotatable bonds is 1. The predicted octanol–water partition coefficient (Wildman–Crippen LogP) is 3.81. The molecule has 2 rings (SSSR count). The zero-order valence-corrected chi connectivity index (χ0v) is 9.21. The minimum Gasteiger partial charge on any atom is -0.261 e. The monoisotopic (exact) mass is 203 g/mol. The number of benzene rings is 1. The molecule has 0 fully saturated rings. The van der Waals surface area contributed by atoms with Crippen molar-refractivity contribution in [2.24, 2.45) is 0 Å². The summed E-state index contributed by atoms with van der Waals surface area (Å²) in [5.41, 5.74) is 1.78. The van der Waals surface area contributed by atoms with Crippen molar-refractivity contribution in [2.75, 3.05) is 0 Å². The lowest BCUT2D eigenvalue weighted by molar-refractivity contribution is 0.634. The number of aromatic nitrogens is 1. The van der Waals surface area contributed by atoms with Crippen molar-refractivity contribution in [3.63, 3.8) is 0 Å². The van der Waals surface area contributed by atoms with Crippen LogP contribution < -0.4 is 0 Å². The fourth-order valence-electron chi connectivity index (χ4n) is 1.79. The van der Waals surface area contributed by atoms with E-state index in [2.05, 4.69) is 18.8 Å². The zero-order valence-electron chi connectivity index (χ0n) is 9.21. The topological polar surface area (TPSA) is 12.9 Å². The van der Waals surface area contributed by atoms with Crippen LogP contribution in [-0.2, 0) is 0 Å². The third-order valence-electron chi connectivity index (χ3n) is 2.69. The molecule has 0 spiro atoms. The first kappa shape index (κ1) is 10.1. The first-order chi connectivity index (χ1) is 7.09. The van der Waals surface area contributed by atoms with Crippen molar-refractivity contribution < 1.29 is 4.39 Å². The Bertz CT molecular complexity index is 503. The van der Waals surface area contributed by atoms with E-state index in [-0.39, 0.29) is 5.82 Å². The highest BCUT2D eigenvalue weighted by atomic mass is 19.1. The van der Waals surface area contributed by atoms with Gasteiger partial charge in [0, 0.05) is 17.3 Å². The van der Waals surface area contributed by atoms with E-state index in [9.17, 15) is 4.39 Å². The molecule has 0 saturated carbocycles. The van der Waals surface area contributed by atoms with Crippen LogP contribution in [0.2, 0.25) is 0 Å². The lowest BCUT2D eigenvalue weighted by Gasteiger charge is -2.09. The molecule has 1 aromatic heterocycles. The van der Waals surface area contributed by atoms with Crippen LogP contribution in [0.3, 0.4) is 0 Å². The molecule has 0 bridgehead atoms. The summed E-state index contributed by atoms with van der Waals surface area (Å²) in [6, 6.07) is 5.51. The molecule has 0 saturated heterocycles. The van der Waals surface area contributed by atoms with Crippen molar-refractivity contribution >= 4 is 10.8 Å². The van der Waals surface area contributed by atoms with Gasteiger partial charge in [0.2, 0.25) is 0 Å². The van der Waals surface area contributed by atoms with Crippen LogP contribution in [0, 0.1) is 12.7 Å². The molecule has 2 aromatic rings. The summed E-state index contributed by atoms with van der Waals surface area (Å²) in [4.78, 5) is 4.10. The Kier molecular flexibility index (Phi) is 2.43. The maximum absolute atomic E-state index is 13.8. The number of hydrogen-bond donors (Lipinski definition) is 0. The van der Waals surface area contributed by atoms with E-state index >= 15 is 0 Å². The number of hydrogen-bond acceptors (Lipinski definition) is 1. The molecule has 78 valence electrons. The molecule has 0 aliphatic heterocycles. The minimum atomic E-state index is -0.165. The average Bonchev–Trinajstić information content (AvgIpc) is 2.17. The van der Waals surface area contributed by atoms with Crippen molar-refractivity contribution in [1.29, 1.82) is 0 Å². The standard InChI is InChI=1S/C13H14FN/c1-8(2)11-6-10-4-5-15-9(3)13(10)12(14)7-11/h4-8H,1-3H3. The number of nitrogens with zero attached hydrogens (tertiary/aromatic N) is 1. The summed E-state index contributed by atoms with van der Waals surface area (Å²) in [7, 11) is 0. The smallest absolute Gasteiger partial charge is 0.133 e. The van der Waals surface area contributed by atoms with Crippen LogP contribution in [0.25, 0.3) is 10.8 Å². The van der Waals surface area contributed by atoms with Gasteiger partial charge in [-0.05, 0) is 35.9 Å². The van der Waals surface area contributed by atoms with Crippen molar-refractivity contribution in [2.45, 2.75) is 26.7 Å². The van der Waals surface area contributed by atoms with Crippen LogP contribution in [0.1, 0.15) is 31.0 Å². The van der Waals surface area contributed by atoms with E-state index in [0.29, 0.717) is 11.3 Å². The van der Waals surface area contributed by atoms with Gasteiger partial charge in [0.05, 0.1) is 0 Å². The number of fused-ring (bicyclic) bond motifs is 1. The first-order valence-corrected chi connectivity index (χ1v) is 5.14. The molecule has 15 heavy (non-hydrogen) atoms. The fraction of sp³-hybridized carbons (Fsp3) is 0.308.